The molecule has 1 N–H and O–H groups in total. The van der Waals surface area contributed by atoms with Crippen LogP contribution in [0.15, 0.2) is 0 Å². The Bertz CT molecular complexity index is 396. The van der Waals surface area contributed by atoms with Crippen LogP contribution in [-0.2, 0) is 10.0 Å². The molecule has 0 aromatic carbocycles. The van der Waals surface area contributed by atoms with Crippen LogP contribution in [0, 0.1) is 5.41 Å². The number of hydrogen-bond donors (Lipinski definition) is 1. The summed E-state index contributed by atoms with van der Waals surface area (Å²) >= 11 is 0. The molecule has 0 aromatic rings. The highest BCUT2D eigenvalue weighted by molar-refractivity contribution is 7.89. The van der Waals surface area contributed by atoms with Gasteiger partial charge in [0.05, 0.1) is 5.75 Å². The molecule has 1 aliphatic carbocycles. The minimum atomic E-state index is -3.20. The van der Waals surface area contributed by atoms with Crippen LogP contribution in [0.1, 0.15) is 65.7 Å². The van der Waals surface area contributed by atoms with Crippen molar-refractivity contribution in [2.45, 2.75) is 77.8 Å². The van der Waals surface area contributed by atoms with Crippen LogP contribution in [0.2, 0.25) is 0 Å². The third kappa shape index (κ3) is 4.42. The van der Waals surface area contributed by atoms with Gasteiger partial charge in [0.25, 0.3) is 0 Å². The first-order valence-corrected chi connectivity index (χ1v) is 10.1. The quantitative estimate of drug-likeness (QED) is 0.748. The lowest BCUT2D eigenvalue weighted by Crippen LogP contribution is -2.52. The number of nitrogens with one attached hydrogen (secondary N) is 1. The van der Waals surface area contributed by atoms with Crippen molar-refractivity contribution in [1.82, 2.24) is 9.62 Å². The van der Waals surface area contributed by atoms with E-state index >= 15 is 0 Å². The van der Waals surface area contributed by atoms with Gasteiger partial charge in [-0.25, -0.2) is 12.7 Å². The van der Waals surface area contributed by atoms with E-state index in [2.05, 4.69) is 26.1 Å². The summed E-state index contributed by atoms with van der Waals surface area (Å²) in [6, 6.07) is 0.398. The molecular formula is C16H34N2O2S. The molecule has 1 fully saturated rings. The van der Waals surface area contributed by atoms with Crippen LogP contribution in [-0.4, -0.2) is 44.7 Å². The predicted molar refractivity (Wildman–Crippen MR) is 90.0 cm³/mol. The molecule has 126 valence electrons. The van der Waals surface area contributed by atoms with Crippen molar-refractivity contribution < 1.29 is 8.42 Å². The number of likely N-dealkylation sites (N-methyl/N-ethyl adjacent to an activating group) is 2. The monoisotopic (exact) mass is 318 g/mol. The van der Waals surface area contributed by atoms with Crippen molar-refractivity contribution >= 4 is 10.0 Å². The number of sulfonamides is 1. The summed E-state index contributed by atoms with van der Waals surface area (Å²) in [5.41, 5.74) is -0.0725. The highest BCUT2D eigenvalue weighted by Gasteiger charge is 2.38. The third-order valence-corrected chi connectivity index (χ3v) is 7.87. The van der Waals surface area contributed by atoms with Crippen LogP contribution < -0.4 is 5.32 Å². The average molecular weight is 319 g/mol. The van der Waals surface area contributed by atoms with Gasteiger partial charge in [-0.15, -0.1) is 0 Å². The lowest BCUT2D eigenvalue weighted by atomic mass is 9.82. The third-order valence-electron chi connectivity index (χ3n) is 5.74. The van der Waals surface area contributed by atoms with Gasteiger partial charge >= 0.3 is 0 Å². The summed E-state index contributed by atoms with van der Waals surface area (Å²) < 4.78 is 27.4. The first-order valence-electron chi connectivity index (χ1n) is 8.48. The van der Waals surface area contributed by atoms with E-state index in [1.807, 2.05) is 7.05 Å². The van der Waals surface area contributed by atoms with E-state index in [0.717, 1.165) is 38.5 Å². The van der Waals surface area contributed by atoms with Gasteiger partial charge in [0.1, 0.15) is 0 Å². The van der Waals surface area contributed by atoms with Crippen LogP contribution >= 0.6 is 0 Å². The molecule has 4 nitrogen and oxygen atoms in total. The molecule has 0 amide bonds. The smallest absolute Gasteiger partial charge is 0.214 e. The van der Waals surface area contributed by atoms with E-state index in [-0.39, 0.29) is 23.3 Å². The van der Waals surface area contributed by atoms with Gasteiger partial charge in [-0.05, 0) is 44.6 Å². The second-order valence-corrected chi connectivity index (χ2v) is 8.61. The molecule has 21 heavy (non-hydrogen) atoms. The summed E-state index contributed by atoms with van der Waals surface area (Å²) in [4.78, 5) is 0. The molecule has 5 heteroatoms. The van der Waals surface area contributed by atoms with E-state index in [0.29, 0.717) is 0 Å². The van der Waals surface area contributed by atoms with Gasteiger partial charge in [0.2, 0.25) is 10.0 Å². The van der Waals surface area contributed by atoms with E-state index in [4.69, 9.17) is 0 Å². The van der Waals surface area contributed by atoms with E-state index < -0.39 is 10.0 Å². The van der Waals surface area contributed by atoms with Gasteiger partial charge in [-0.1, -0.05) is 33.6 Å². The Morgan fingerprint density at radius 1 is 1.10 bits per heavy atom. The molecule has 0 aromatic heterocycles. The first kappa shape index (κ1) is 18.9. The van der Waals surface area contributed by atoms with Crippen molar-refractivity contribution in [1.29, 1.82) is 0 Å². The number of hydrogen-bond acceptors (Lipinski definition) is 3. The maximum atomic E-state index is 12.9. The van der Waals surface area contributed by atoms with Crippen molar-refractivity contribution in [2.24, 2.45) is 5.41 Å². The van der Waals surface area contributed by atoms with Crippen molar-refractivity contribution in [3.05, 3.63) is 0 Å². The lowest BCUT2D eigenvalue weighted by molar-refractivity contribution is 0.221. The fourth-order valence-electron chi connectivity index (χ4n) is 3.63. The van der Waals surface area contributed by atoms with Gasteiger partial charge in [-0.2, -0.15) is 0 Å². The Kier molecular flexibility index (Phi) is 7.14. The zero-order valence-corrected chi connectivity index (χ0v) is 15.3. The topological polar surface area (TPSA) is 49.4 Å². The Morgan fingerprint density at radius 3 is 2.10 bits per heavy atom. The molecule has 0 aliphatic heterocycles. The second-order valence-electron chi connectivity index (χ2n) is 6.58. The minimum Gasteiger partial charge on any atom is -0.315 e. The Morgan fingerprint density at radius 2 is 1.62 bits per heavy atom. The van der Waals surface area contributed by atoms with Gasteiger partial charge in [0.15, 0.2) is 0 Å². The van der Waals surface area contributed by atoms with Gasteiger partial charge in [-0.3, -0.25) is 0 Å². The normalized spacial score (nSPS) is 24.5. The summed E-state index contributed by atoms with van der Waals surface area (Å²) in [6.45, 7) is 6.33. The van der Waals surface area contributed by atoms with E-state index in [9.17, 15) is 8.42 Å². The highest BCUT2D eigenvalue weighted by Crippen LogP contribution is 2.34. The molecule has 0 saturated heterocycles. The fourth-order valence-corrected chi connectivity index (χ4v) is 5.89. The van der Waals surface area contributed by atoms with Crippen LogP contribution in [0.4, 0.5) is 0 Å². The van der Waals surface area contributed by atoms with E-state index in [1.165, 1.54) is 6.42 Å². The largest absolute Gasteiger partial charge is 0.315 e. The van der Waals surface area contributed by atoms with Crippen molar-refractivity contribution in [2.75, 3.05) is 19.8 Å². The zero-order valence-electron chi connectivity index (χ0n) is 14.5. The van der Waals surface area contributed by atoms with Crippen molar-refractivity contribution in [3.63, 3.8) is 0 Å². The molecule has 2 unspecified atom stereocenters. The molecular weight excluding hydrogens is 284 g/mol. The van der Waals surface area contributed by atoms with Crippen molar-refractivity contribution in [3.8, 4) is 0 Å². The molecule has 0 radical (unpaired) electrons. The zero-order chi connectivity index (χ0) is 16.1. The minimum absolute atomic E-state index is 0.0725. The standard InChI is InChI=1S/C16H34N2O2S/c1-6-16(7-2,8-3)13-21(19,20)18(5)15-12-10-9-11-14(15)17-4/h14-15,17H,6-13H2,1-5H3. The molecule has 0 heterocycles. The Hall–Kier alpha value is -0.130. The first-order chi connectivity index (χ1) is 9.85. The SMILES string of the molecule is CCC(CC)(CC)CS(=O)(=O)N(C)C1CCCCC1NC. The fraction of sp³-hybridized carbons (Fsp3) is 1.00. The average Bonchev–Trinajstić information content (AvgIpc) is 2.51. The van der Waals surface area contributed by atoms with Gasteiger partial charge < -0.3 is 5.32 Å². The Labute approximate surface area is 131 Å². The molecule has 2 atom stereocenters. The molecule has 1 aliphatic rings. The number of nitrogens with zero attached hydrogens (tertiary/aromatic N) is 1. The summed E-state index contributed by atoms with van der Waals surface area (Å²) in [6.07, 6.45) is 7.13. The number of rotatable bonds is 8. The summed E-state index contributed by atoms with van der Waals surface area (Å²) in [5.74, 6) is 0.285. The van der Waals surface area contributed by atoms with Crippen LogP contribution in [0.3, 0.4) is 0 Å². The Balaban J connectivity index is 2.90. The van der Waals surface area contributed by atoms with E-state index in [1.54, 1.807) is 11.4 Å². The molecule has 1 rings (SSSR count). The lowest BCUT2D eigenvalue weighted by Gasteiger charge is -2.39. The maximum Gasteiger partial charge on any atom is 0.214 e. The summed E-state index contributed by atoms with van der Waals surface area (Å²) in [7, 11) is 0.518. The molecule has 0 bridgehead atoms. The second kappa shape index (κ2) is 7.93. The van der Waals surface area contributed by atoms with Crippen LogP contribution in [0.5, 0.6) is 0 Å². The highest BCUT2D eigenvalue weighted by atomic mass is 32.2. The molecule has 0 spiro atoms. The van der Waals surface area contributed by atoms with Crippen LogP contribution in [0.25, 0.3) is 0 Å². The summed E-state index contributed by atoms with van der Waals surface area (Å²) in [5, 5.41) is 3.31. The molecule has 1 saturated carbocycles. The maximum absolute atomic E-state index is 12.9. The van der Waals surface area contributed by atoms with Gasteiger partial charge in [0, 0.05) is 19.1 Å². The predicted octanol–water partition coefficient (Wildman–Crippen LogP) is 3.00.